The number of carbonyl (C=O) groups is 2. The van der Waals surface area contributed by atoms with Crippen LogP contribution in [0.3, 0.4) is 0 Å². The van der Waals surface area contributed by atoms with Crippen LogP contribution < -0.4 is 5.32 Å². The molecule has 0 bridgehead atoms. The van der Waals surface area contributed by atoms with E-state index in [-0.39, 0.29) is 19.1 Å². The van der Waals surface area contributed by atoms with Gasteiger partial charge in [0.2, 0.25) is 0 Å². The van der Waals surface area contributed by atoms with Crippen LogP contribution in [0.4, 0.5) is 10.6 Å². The SMILES string of the molecule is Cn1ccc(NC(=O)N2CC(C(=O)O)C2)n1. The van der Waals surface area contributed by atoms with Gasteiger partial charge in [0, 0.05) is 32.4 Å². The van der Waals surface area contributed by atoms with Crippen molar-refractivity contribution in [3.05, 3.63) is 12.3 Å². The lowest BCUT2D eigenvalue weighted by Crippen LogP contribution is -2.54. The second-order valence-electron chi connectivity index (χ2n) is 3.74. The number of urea groups is 1. The number of nitrogens with zero attached hydrogens (tertiary/aromatic N) is 3. The molecule has 7 nitrogen and oxygen atoms in total. The molecule has 16 heavy (non-hydrogen) atoms. The maximum absolute atomic E-state index is 11.5. The molecule has 1 aliphatic heterocycles. The molecule has 0 radical (unpaired) electrons. The van der Waals surface area contributed by atoms with E-state index >= 15 is 0 Å². The molecule has 1 fully saturated rings. The van der Waals surface area contributed by atoms with E-state index in [9.17, 15) is 9.59 Å². The molecule has 0 aliphatic carbocycles. The van der Waals surface area contributed by atoms with Crippen LogP contribution in [0.1, 0.15) is 0 Å². The number of hydrogen-bond donors (Lipinski definition) is 2. The smallest absolute Gasteiger partial charge is 0.323 e. The van der Waals surface area contributed by atoms with Crippen LogP contribution in [0.15, 0.2) is 12.3 Å². The van der Waals surface area contributed by atoms with Crippen LogP contribution in [0, 0.1) is 5.92 Å². The number of aromatic nitrogens is 2. The first-order valence-electron chi connectivity index (χ1n) is 4.84. The number of amides is 2. The van der Waals surface area contributed by atoms with Gasteiger partial charge in [-0.3, -0.25) is 14.8 Å². The van der Waals surface area contributed by atoms with Crippen molar-refractivity contribution in [3.8, 4) is 0 Å². The average Bonchev–Trinajstić information content (AvgIpc) is 2.47. The van der Waals surface area contributed by atoms with Crippen molar-refractivity contribution in [2.24, 2.45) is 13.0 Å². The summed E-state index contributed by atoms with van der Waals surface area (Å²) in [6, 6.07) is 1.36. The summed E-state index contributed by atoms with van der Waals surface area (Å²) in [6.07, 6.45) is 1.71. The zero-order valence-corrected chi connectivity index (χ0v) is 8.75. The molecule has 0 aromatic carbocycles. The Bertz CT molecular complexity index is 422. The second-order valence-corrected chi connectivity index (χ2v) is 3.74. The fourth-order valence-electron chi connectivity index (χ4n) is 1.47. The Morgan fingerprint density at radius 1 is 1.56 bits per heavy atom. The summed E-state index contributed by atoms with van der Waals surface area (Å²) in [7, 11) is 1.75. The van der Waals surface area contributed by atoms with E-state index in [1.165, 1.54) is 4.90 Å². The molecule has 0 atom stereocenters. The molecule has 2 rings (SSSR count). The number of carboxylic acid groups (broad SMARTS) is 1. The van der Waals surface area contributed by atoms with Crippen LogP contribution in [0.25, 0.3) is 0 Å². The van der Waals surface area contributed by atoms with Crippen molar-refractivity contribution < 1.29 is 14.7 Å². The van der Waals surface area contributed by atoms with E-state index in [1.807, 2.05) is 0 Å². The van der Waals surface area contributed by atoms with Crippen LogP contribution in [0.2, 0.25) is 0 Å². The first-order chi connectivity index (χ1) is 7.56. The molecule has 1 saturated heterocycles. The van der Waals surface area contributed by atoms with Gasteiger partial charge in [-0.15, -0.1) is 0 Å². The highest BCUT2D eigenvalue weighted by atomic mass is 16.4. The normalized spacial score (nSPS) is 15.7. The number of aryl methyl sites for hydroxylation is 1. The van der Waals surface area contributed by atoms with Gasteiger partial charge in [-0.05, 0) is 0 Å². The quantitative estimate of drug-likeness (QED) is 0.738. The van der Waals surface area contributed by atoms with Crippen molar-refractivity contribution in [1.29, 1.82) is 0 Å². The van der Waals surface area contributed by atoms with Crippen molar-refractivity contribution >= 4 is 17.8 Å². The predicted octanol–water partition coefficient (Wildman–Crippen LogP) is -0.0316. The highest BCUT2D eigenvalue weighted by molar-refractivity contribution is 5.90. The standard InChI is InChI=1S/C9H12N4O3/c1-12-3-2-7(11-12)10-9(16)13-4-6(5-13)8(14)15/h2-3,6H,4-5H2,1H3,(H,14,15)(H,10,11,16). The minimum absolute atomic E-state index is 0.258. The monoisotopic (exact) mass is 224 g/mol. The molecular weight excluding hydrogens is 212 g/mol. The number of carbonyl (C=O) groups excluding carboxylic acids is 1. The maximum Gasteiger partial charge on any atom is 0.323 e. The third kappa shape index (κ3) is 1.97. The zero-order valence-electron chi connectivity index (χ0n) is 8.75. The van der Waals surface area contributed by atoms with Gasteiger partial charge in [0.05, 0.1) is 5.92 Å². The van der Waals surface area contributed by atoms with Crippen molar-refractivity contribution in [2.45, 2.75) is 0 Å². The van der Waals surface area contributed by atoms with Gasteiger partial charge in [-0.25, -0.2) is 4.79 Å². The molecule has 1 aromatic heterocycles. The number of hydrogen-bond acceptors (Lipinski definition) is 3. The topological polar surface area (TPSA) is 87.5 Å². The number of carboxylic acids is 1. The number of nitrogens with one attached hydrogen (secondary N) is 1. The van der Waals surface area contributed by atoms with Crippen molar-refractivity contribution in [1.82, 2.24) is 14.7 Å². The fourth-order valence-corrected chi connectivity index (χ4v) is 1.47. The van der Waals surface area contributed by atoms with E-state index in [1.54, 1.807) is 24.0 Å². The number of anilines is 1. The van der Waals surface area contributed by atoms with Crippen LogP contribution in [0.5, 0.6) is 0 Å². The van der Waals surface area contributed by atoms with Crippen molar-refractivity contribution in [2.75, 3.05) is 18.4 Å². The molecule has 2 N–H and O–H groups in total. The van der Waals surface area contributed by atoms with Crippen LogP contribution in [-0.4, -0.2) is 44.9 Å². The molecule has 2 amide bonds. The van der Waals surface area contributed by atoms with Gasteiger partial charge < -0.3 is 10.0 Å². The first kappa shape index (κ1) is 10.5. The summed E-state index contributed by atoms with van der Waals surface area (Å²) in [6.45, 7) is 0.516. The predicted molar refractivity (Wildman–Crippen MR) is 54.9 cm³/mol. The average molecular weight is 224 g/mol. The Balaban J connectivity index is 1.84. The van der Waals surface area contributed by atoms with Gasteiger partial charge in [-0.1, -0.05) is 0 Å². The van der Waals surface area contributed by atoms with Gasteiger partial charge >= 0.3 is 12.0 Å². The number of aliphatic carboxylic acids is 1. The molecule has 7 heteroatoms. The number of rotatable bonds is 2. The Morgan fingerprint density at radius 2 is 2.25 bits per heavy atom. The summed E-state index contributed by atoms with van der Waals surface area (Å²) in [4.78, 5) is 23.5. The lowest BCUT2D eigenvalue weighted by molar-refractivity contribution is -0.145. The minimum atomic E-state index is -0.859. The molecule has 0 saturated carbocycles. The Hall–Kier alpha value is -2.05. The Labute approximate surface area is 91.6 Å². The van der Waals surface area contributed by atoms with E-state index < -0.39 is 11.9 Å². The summed E-state index contributed by atoms with van der Waals surface area (Å²) < 4.78 is 1.58. The van der Waals surface area contributed by atoms with Crippen molar-refractivity contribution in [3.63, 3.8) is 0 Å². The lowest BCUT2D eigenvalue weighted by atomic mass is 10.0. The highest BCUT2D eigenvalue weighted by Gasteiger charge is 2.35. The van der Waals surface area contributed by atoms with Gasteiger partial charge in [0.1, 0.15) is 0 Å². The summed E-state index contributed by atoms with van der Waals surface area (Å²) in [5.74, 6) is -0.831. The van der Waals surface area contributed by atoms with Gasteiger partial charge in [-0.2, -0.15) is 5.10 Å². The van der Waals surface area contributed by atoms with Gasteiger partial charge in [0.25, 0.3) is 0 Å². The maximum atomic E-state index is 11.5. The van der Waals surface area contributed by atoms with E-state index in [0.29, 0.717) is 5.82 Å². The largest absolute Gasteiger partial charge is 0.481 e. The molecule has 0 spiro atoms. The zero-order chi connectivity index (χ0) is 11.7. The first-order valence-corrected chi connectivity index (χ1v) is 4.84. The third-order valence-corrected chi connectivity index (χ3v) is 2.47. The van der Waals surface area contributed by atoms with E-state index in [0.717, 1.165) is 0 Å². The van der Waals surface area contributed by atoms with E-state index in [2.05, 4.69) is 10.4 Å². The molecule has 0 unspecified atom stereocenters. The Morgan fingerprint density at radius 3 is 2.75 bits per heavy atom. The fraction of sp³-hybridized carbons (Fsp3) is 0.444. The second kappa shape index (κ2) is 3.84. The molecule has 86 valence electrons. The summed E-state index contributed by atoms with van der Waals surface area (Å²) >= 11 is 0. The lowest BCUT2D eigenvalue weighted by Gasteiger charge is -2.36. The molecule has 1 aliphatic rings. The minimum Gasteiger partial charge on any atom is -0.481 e. The summed E-state index contributed by atoms with van der Waals surface area (Å²) in [5, 5.41) is 15.2. The molecule has 1 aromatic rings. The van der Waals surface area contributed by atoms with Crippen LogP contribution in [-0.2, 0) is 11.8 Å². The number of likely N-dealkylation sites (tertiary alicyclic amines) is 1. The summed E-state index contributed by atoms with van der Waals surface area (Å²) in [5.41, 5.74) is 0. The highest BCUT2D eigenvalue weighted by Crippen LogP contribution is 2.16. The van der Waals surface area contributed by atoms with E-state index in [4.69, 9.17) is 5.11 Å². The van der Waals surface area contributed by atoms with Crippen LogP contribution >= 0.6 is 0 Å². The third-order valence-electron chi connectivity index (χ3n) is 2.47. The Kier molecular flexibility index (Phi) is 2.51. The van der Waals surface area contributed by atoms with Gasteiger partial charge in [0.15, 0.2) is 5.82 Å². The molecular formula is C9H12N4O3. The molecule has 2 heterocycles.